The molecule has 0 saturated carbocycles. The van der Waals surface area contributed by atoms with Gasteiger partial charge in [-0.25, -0.2) is 0 Å². The zero-order valence-corrected chi connectivity index (χ0v) is 8.74. The second-order valence-corrected chi connectivity index (χ2v) is 7.60. The average molecular weight is 160 g/mol. The molecule has 0 aromatic carbocycles. The predicted molar refractivity (Wildman–Crippen MR) is 48.8 cm³/mol. The van der Waals surface area contributed by atoms with Crippen LogP contribution in [0.3, 0.4) is 0 Å². The lowest BCUT2D eigenvalue weighted by Crippen LogP contribution is -2.29. The molecule has 0 N–H and O–H groups in total. The van der Waals surface area contributed by atoms with Crippen molar-refractivity contribution in [1.29, 1.82) is 0 Å². The Labute approximate surface area is 65.9 Å². The third-order valence-corrected chi connectivity index (χ3v) is 4.30. The first kappa shape index (κ1) is 10.2. The summed E-state index contributed by atoms with van der Waals surface area (Å²) in [6, 6.07) is 1.32. The van der Waals surface area contributed by atoms with Crippen LogP contribution in [0.5, 0.6) is 0 Å². The molecule has 0 aromatic rings. The van der Waals surface area contributed by atoms with E-state index in [9.17, 15) is 0 Å². The molecular weight excluding hydrogens is 140 g/mol. The largest absolute Gasteiger partial charge is 0.418 e. The van der Waals surface area contributed by atoms with Crippen molar-refractivity contribution in [2.45, 2.75) is 45.8 Å². The molecule has 0 amide bonds. The Hall–Kier alpha value is 0.177. The Morgan fingerprint density at radius 1 is 1.20 bits per heavy atom. The van der Waals surface area contributed by atoms with Gasteiger partial charge in [-0.3, -0.25) is 0 Å². The minimum absolute atomic E-state index is 0.892. The van der Waals surface area contributed by atoms with Gasteiger partial charge in [-0.05, 0) is 26.1 Å². The fourth-order valence-corrected chi connectivity index (χ4v) is 3.20. The van der Waals surface area contributed by atoms with Gasteiger partial charge in [-0.15, -0.1) is 0 Å². The summed E-state index contributed by atoms with van der Waals surface area (Å²) >= 11 is 0. The lowest BCUT2D eigenvalue weighted by Gasteiger charge is -2.21. The van der Waals surface area contributed by atoms with E-state index in [1.54, 1.807) is 0 Å². The van der Waals surface area contributed by atoms with Crippen LogP contribution >= 0.6 is 0 Å². The van der Waals surface area contributed by atoms with Crippen molar-refractivity contribution >= 4 is 8.32 Å². The molecule has 0 aliphatic heterocycles. The SMILES string of the molecule is CCCC[Si](C)(C)OCC. The van der Waals surface area contributed by atoms with E-state index >= 15 is 0 Å². The molecule has 10 heavy (non-hydrogen) atoms. The number of rotatable bonds is 5. The van der Waals surface area contributed by atoms with Crippen molar-refractivity contribution in [3.05, 3.63) is 0 Å². The molecule has 0 aliphatic carbocycles. The molecule has 0 unspecified atom stereocenters. The second kappa shape index (κ2) is 4.91. The molecule has 0 atom stereocenters. The van der Waals surface area contributed by atoms with Crippen molar-refractivity contribution in [2.75, 3.05) is 6.61 Å². The monoisotopic (exact) mass is 160 g/mol. The molecule has 2 heteroatoms. The summed E-state index contributed by atoms with van der Waals surface area (Å²) < 4.78 is 5.67. The first-order chi connectivity index (χ1) is 4.62. The quantitative estimate of drug-likeness (QED) is 0.562. The van der Waals surface area contributed by atoms with Gasteiger partial charge < -0.3 is 4.43 Å². The number of hydrogen-bond acceptors (Lipinski definition) is 1. The molecular formula is C8H20OSi. The summed E-state index contributed by atoms with van der Waals surface area (Å²) in [6.45, 7) is 9.80. The smallest absolute Gasteiger partial charge is 0.186 e. The van der Waals surface area contributed by atoms with Gasteiger partial charge in [0.25, 0.3) is 0 Å². The zero-order chi connectivity index (χ0) is 8.04. The number of unbranched alkanes of at least 4 members (excludes halogenated alkanes) is 1. The van der Waals surface area contributed by atoms with Crippen molar-refractivity contribution in [1.82, 2.24) is 0 Å². The molecule has 62 valence electrons. The maximum absolute atomic E-state index is 5.67. The highest BCUT2D eigenvalue weighted by atomic mass is 28.4. The summed E-state index contributed by atoms with van der Waals surface area (Å²) in [7, 11) is -1.22. The van der Waals surface area contributed by atoms with Crippen LogP contribution in [0.4, 0.5) is 0 Å². The Bertz CT molecular complexity index is 81.3. The summed E-state index contributed by atoms with van der Waals surface area (Å²) in [5.74, 6) is 0. The summed E-state index contributed by atoms with van der Waals surface area (Å²) in [4.78, 5) is 0. The predicted octanol–water partition coefficient (Wildman–Crippen LogP) is 3.03. The van der Waals surface area contributed by atoms with Crippen molar-refractivity contribution in [3.8, 4) is 0 Å². The van der Waals surface area contributed by atoms with Gasteiger partial charge in [0.2, 0.25) is 0 Å². The molecule has 0 bridgehead atoms. The average Bonchev–Trinajstić information content (AvgIpc) is 1.84. The fourth-order valence-electron chi connectivity index (χ4n) is 1.07. The molecule has 0 heterocycles. The van der Waals surface area contributed by atoms with Crippen LogP contribution in [0.15, 0.2) is 0 Å². The Balaban J connectivity index is 3.42. The molecule has 0 saturated heterocycles. The van der Waals surface area contributed by atoms with E-state index in [1.165, 1.54) is 18.9 Å². The van der Waals surface area contributed by atoms with Gasteiger partial charge in [-0.2, -0.15) is 0 Å². The van der Waals surface area contributed by atoms with Crippen LogP contribution in [-0.4, -0.2) is 14.9 Å². The van der Waals surface area contributed by atoms with Crippen LogP contribution in [0.1, 0.15) is 26.7 Å². The third kappa shape index (κ3) is 5.00. The highest BCUT2D eigenvalue weighted by Crippen LogP contribution is 2.14. The van der Waals surface area contributed by atoms with E-state index in [-0.39, 0.29) is 0 Å². The Morgan fingerprint density at radius 3 is 2.20 bits per heavy atom. The van der Waals surface area contributed by atoms with E-state index in [0.29, 0.717) is 0 Å². The third-order valence-electron chi connectivity index (χ3n) is 1.67. The fraction of sp³-hybridized carbons (Fsp3) is 1.00. The molecule has 0 aliphatic rings. The summed E-state index contributed by atoms with van der Waals surface area (Å²) in [5.41, 5.74) is 0. The van der Waals surface area contributed by atoms with Crippen molar-refractivity contribution < 1.29 is 4.43 Å². The van der Waals surface area contributed by atoms with E-state index in [0.717, 1.165) is 6.61 Å². The van der Waals surface area contributed by atoms with Gasteiger partial charge in [0.1, 0.15) is 0 Å². The molecule has 0 fully saturated rings. The molecule has 0 rings (SSSR count). The first-order valence-electron chi connectivity index (χ1n) is 4.26. The Kier molecular flexibility index (Phi) is 5.00. The van der Waals surface area contributed by atoms with Crippen molar-refractivity contribution in [3.63, 3.8) is 0 Å². The topological polar surface area (TPSA) is 9.23 Å². The Morgan fingerprint density at radius 2 is 1.80 bits per heavy atom. The zero-order valence-electron chi connectivity index (χ0n) is 7.74. The summed E-state index contributed by atoms with van der Waals surface area (Å²) in [5, 5.41) is 0. The lowest BCUT2D eigenvalue weighted by atomic mass is 10.4. The molecule has 1 nitrogen and oxygen atoms in total. The van der Waals surface area contributed by atoms with E-state index < -0.39 is 8.32 Å². The van der Waals surface area contributed by atoms with Crippen LogP contribution in [0.2, 0.25) is 19.1 Å². The number of hydrogen-bond donors (Lipinski definition) is 0. The van der Waals surface area contributed by atoms with Crippen LogP contribution in [0, 0.1) is 0 Å². The molecule has 0 aromatic heterocycles. The van der Waals surface area contributed by atoms with E-state index in [1.807, 2.05) is 0 Å². The van der Waals surface area contributed by atoms with E-state index in [4.69, 9.17) is 4.43 Å². The lowest BCUT2D eigenvalue weighted by molar-refractivity contribution is 0.328. The second-order valence-electron chi connectivity index (χ2n) is 3.30. The van der Waals surface area contributed by atoms with Gasteiger partial charge in [0.05, 0.1) is 0 Å². The maximum atomic E-state index is 5.67. The minimum Gasteiger partial charge on any atom is -0.418 e. The van der Waals surface area contributed by atoms with Crippen LogP contribution < -0.4 is 0 Å². The minimum atomic E-state index is -1.22. The van der Waals surface area contributed by atoms with Gasteiger partial charge >= 0.3 is 0 Å². The molecule has 0 spiro atoms. The standard InChI is InChI=1S/C8H20OSi/c1-5-7-8-10(3,4)9-6-2/h5-8H2,1-4H3. The maximum Gasteiger partial charge on any atom is 0.186 e. The highest BCUT2D eigenvalue weighted by Gasteiger charge is 2.19. The van der Waals surface area contributed by atoms with Crippen molar-refractivity contribution in [2.24, 2.45) is 0 Å². The molecule has 0 radical (unpaired) electrons. The van der Waals surface area contributed by atoms with E-state index in [2.05, 4.69) is 26.9 Å². The van der Waals surface area contributed by atoms with Gasteiger partial charge in [0, 0.05) is 6.61 Å². The van der Waals surface area contributed by atoms with Gasteiger partial charge in [-0.1, -0.05) is 19.8 Å². The first-order valence-corrected chi connectivity index (χ1v) is 7.38. The highest BCUT2D eigenvalue weighted by molar-refractivity contribution is 6.71. The van der Waals surface area contributed by atoms with Crippen LogP contribution in [0.25, 0.3) is 0 Å². The normalized spacial score (nSPS) is 12.0. The van der Waals surface area contributed by atoms with Gasteiger partial charge in [0.15, 0.2) is 8.32 Å². The summed E-state index contributed by atoms with van der Waals surface area (Å²) in [6.07, 6.45) is 2.63. The van der Waals surface area contributed by atoms with Crippen LogP contribution in [-0.2, 0) is 4.43 Å².